The average molecular weight is 269 g/mol. The van der Waals surface area contributed by atoms with E-state index in [0.29, 0.717) is 5.92 Å². The van der Waals surface area contributed by atoms with Gasteiger partial charge in [0.2, 0.25) is 0 Å². The van der Waals surface area contributed by atoms with E-state index in [9.17, 15) is 0 Å². The Kier molecular flexibility index (Phi) is 3.88. The molecular weight excluding hydrogens is 246 g/mol. The largest absolute Gasteiger partial charge is 0.330 e. The highest BCUT2D eigenvalue weighted by atomic mass is 15.0. The Morgan fingerprint density at radius 1 is 1.30 bits per heavy atom. The van der Waals surface area contributed by atoms with Gasteiger partial charge in [-0.05, 0) is 55.8 Å². The molecule has 20 heavy (non-hydrogen) atoms. The smallest absolute Gasteiger partial charge is 0.0995 e. The van der Waals surface area contributed by atoms with Gasteiger partial charge in [-0.2, -0.15) is 0 Å². The van der Waals surface area contributed by atoms with E-state index >= 15 is 0 Å². The molecule has 1 heterocycles. The molecular formula is C17H23N3. The molecule has 106 valence electrons. The van der Waals surface area contributed by atoms with E-state index in [1.54, 1.807) is 0 Å². The van der Waals surface area contributed by atoms with E-state index in [0.717, 1.165) is 25.3 Å². The van der Waals surface area contributed by atoms with Crippen LogP contribution in [0.25, 0.3) is 5.69 Å². The second-order valence-electron chi connectivity index (χ2n) is 5.76. The Bertz CT molecular complexity index is 556. The fourth-order valence-electron chi connectivity index (χ4n) is 2.88. The Hall–Kier alpha value is -1.61. The molecule has 1 aromatic carbocycles. The van der Waals surface area contributed by atoms with Gasteiger partial charge in [-0.15, -0.1) is 0 Å². The minimum absolute atomic E-state index is 0.665. The summed E-state index contributed by atoms with van der Waals surface area (Å²) in [7, 11) is 0. The zero-order valence-corrected chi connectivity index (χ0v) is 12.1. The maximum atomic E-state index is 5.57. The van der Waals surface area contributed by atoms with Crippen molar-refractivity contribution in [2.75, 3.05) is 6.54 Å². The lowest BCUT2D eigenvalue weighted by molar-refractivity contribution is 0.655. The molecule has 0 aliphatic heterocycles. The second kappa shape index (κ2) is 5.80. The zero-order valence-electron chi connectivity index (χ0n) is 12.1. The van der Waals surface area contributed by atoms with E-state index in [1.807, 2.05) is 6.33 Å². The van der Waals surface area contributed by atoms with Gasteiger partial charge < -0.3 is 10.3 Å². The lowest BCUT2D eigenvalue weighted by Crippen LogP contribution is -1.98. The Morgan fingerprint density at radius 2 is 2.10 bits per heavy atom. The van der Waals surface area contributed by atoms with Crippen molar-refractivity contribution in [2.24, 2.45) is 11.7 Å². The van der Waals surface area contributed by atoms with Crippen LogP contribution in [0.1, 0.15) is 43.4 Å². The van der Waals surface area contributed by atoms with Crippen molar-refractivity contribution in [1.29, 1.82) is 0 Å². The maximum absolute atomic E-state index is 5.57. The molecule has 1 saturated carbocycles. The lowest BCUT2D eigenvalue weighted by atomic mass is 10.1. The molecule has 3 heteroatoms. The summed E-state index contributed by atoms with van der Waals surface area (Å²) in [4.78, 5) is 4.59. The number of aromatic nitrogens is 2. The molecule has 2 N–H and O–H groups in total. The Labute approximate surface area is 120 Å². The monoisotopic (exact) mass is 269 g/mol. The molecule has 0 saturated heterocycles. The van der Waals surface area contributed by atoms with E-state index in [-0.39, 0.29) is 0 Å². The molecule has 1 aromatic heterocycles. The standard InChI is InChI=1S/C17H23N3/c1-2-13-5-7-15(8-6-13)20-11-17(19-12-20)16-10-14(16)4-3-9-18/h5-8,11-12,14,16H,2-4,9-10,18H2,1H3. The van der Waals surface area contributed by atoms with Gasteiger partial charge in [-0.1, -0.05) is 19.1 Å². The highest BCUT2D eigenvalue weighted by Crippen LogP contribution is 2.49. The molecule has 2 aromatic rings. The van der Waals surface area contributed by atoms with E-state index in [1.165, 1.54) is 29.8 Å². The van der Waals surface area contributed by atoms with E-state index < -0.39 is 0 Å². The first-order valence-corrected chi connectivity index (χ1v) is 7.65. The first-order chi connectivity index (χ1) is 9.81. The van der Waals surface area contributed by atoms with Gasteiger partial charge in [0.05, 0.1) is 12.0 Å². The molecule has 1 aliphatic carbocycles. The maximum Gasteiger partial charge on any atom is 0.0995 e. The quantitative estimate of drug-likeness (QED) is 0.874. The molecule has 2 unspecified atom stereocenters. The third-order valence-electron chi connectivity index (χ3n) is 4.33. The zero-order chi connectivity index (χ0) is 13.9. The summed E-state index contributed by atoms with van der Waals surface area (Å²) in [5.41, 5.74) is 9.38. The van der Waals surface area contributed by atoms with Gasteiger partial charge in [-0.25, -0.2) is 4.98 Å². The molecule has 2 atom stereocenters. The summed E-state index contributed by atoms with van der Waals surface area (Å²) in [5.74, 6) is 1.47. The number of benzene rings is 1. The highest BCUT2D eigenvalue weighted by Gasteiger charge is 2.38. The minimum Gasteiger partial charge on any atom is -0.330 e. The predicted octanol–water partition coefficient (Wildman–Crippen LogP) is 3.28. The number of nitrogens with zero attached hydrogens (tertiary/aromatic N) is 2. The van der Waals surface area contributed by atoms with Crippen molar-refractivity contribution in [1.82, 2.24) is 9.55 Å². The van der Waals surface area contributed by atoms with Crippen LogP contribution in [0.15, 0.2) is 36.8 Å². The molecule has 0 spiro atoms. The topological polar surface area (TPSA) is 43.8 Å². The predicted molar refractivity (Wildman–Crippen MR) is 82.1 cm³/mol. The molecule has 0 bridgehead atoms. The highest BCUT2D eigenvalue weighted by molar-refractivity contribution is 5.35. The summed E-state index contributed by atoms with van der Waals surface area (Å²) >= 11 is 0. The Morgan fingerprint density at radius 3 is 2.80 bits per heavy atom. The van der Waals surface area contributed by atoms with Crippen molar-refractivity contribution in [3.8, 4) is 5.69 Å². The fourth-order valence-corrected chi connectivity index (χ4v) is 2.88. The normalized spacial score (nSPS) is 21.1. The van der Waals surface area contributed by atoms with Crippen LogP contribution >= 0.6 is 0 Å². The molecule has 0 radical (unpaired) electrons. The number of nitrogens with two attached hydrogens (primary N) is 1. The fraction of sp³-hybridized carbons (Fsp3) is 0.471. The van der Waals surface area contributed by atoms with E-state index in [4.69, 9.17) is 5.73 Å². The van der Waals surface area contributed by atoms with Gasteiger partial charge in [-0.3, -0.25) is 0 Å². The third kappa shape index (κ3) is 2.78. The van der Waals surface area contributed by atoms with Gasteiger partial charge in [0.1, 0.15) is 0 Å². The number of imidazole rings is 1. The van der Waals surface area contributed by atoms with Crippen molar-refractivity contribution in [3.05, 3.63) is 48.0 Å². The SMILES string of the molecule is CCc1ccc(-n2cnc(C3CC3CCCN)c2)cc1. The lowest BCUT2D eigenvalue weighted by Gasteiger charge is -2.03. The van der Waals surface area contributed by atoms with Crippen molar-refractivity contribution in [3.63, 3.8) is 0 Å². The summed E-state index contributed by atoms with van der Waals surface area (Å²) in [6.07, 6.45) is 8.88. The van der Waals surface area contributed by atoms with Gasteiger partial charge in [0.25, 0.3) is 0 Å². The van der Waals surface area contributed by atoms with Crippen LogP contribution in [0.5, 0.6) is 0 Å². The average Bonchev–Trinajstić information content (AvgIpc) is 3.11. The summed E-state index contributed by atoms with van der Waals surface area (Å²) < 4.78 is 2.13. The van der Waals surface area contributed by atoms with Gasteiger partial charge >= 0.3 is 0 Å². The number of hydrogen-bond donors (Lipinski definition) is 1. The van der Waals surface area contributed by atoms with Crippen LogP contribution in [0.4, 0.5) is 0 Å². The molecule has 3 nitrogen and oxygen atoms in total. The molecule has 0 amide bonds. The van der Waals surface area contributed by atoms with Gasteiger partial charge in [0.15, 0.2) is 0 Å². The van der Waals surface area contributed by atoms with Crippen molar-refractivity contribution in [2.45, 2.75) is 38.5 Å². The van der Waals surface area contributed by atoms with Crippen LogP contribution in [0.3, 0.4) is 0 Å². The van der Waals surface area contributed by atoms with Crippen LogP contribution in [-0.2, 0) is 6.42 Å². The summed E-state index contributed by atoms with van der Waals surface area (Å²) in [5, 5.41) is 0. The molecule has 1 fully saturated rings. The number of aryl methyl sites for hydroxylation is 1. The first-order valence-electron chi connectivity index (χ1n) is 7.65. The van der Waals surface area contributed by atoms with Crippen LogP contribution in [-0.4, -0.2) is 16.1 Å². The first kappa shape index (κ1) is 13.4. The minimum atomic E-state index is 0.665. The number of hydrogen-bond acceptors (Lipinski definition) is 2. The number of rotatable bonds is 6. The summed E-state index contributed by atoms with van der Waals surface area (Å²) in [6.45, 7) is 2.99. The van der Waals surface area contributed by atoms with Gasteiger partial charge in [0, 0.05) is 17.8 Å². The van der Waals surface area contributed by atoms with Crippen molar-refractivity contribution >= 4 is 0 Å². The third-order valence-corrected chi connectivity index (χ3v) is 4.33. The van der Waals surface area contributed by atoms with Crippen LogP contribution in [0.2, 0.25) is 0 Å². The van der Waals surface area contributed by atoms with Crippen LogP contribution in [0, 0.1) is 5.92 Å². The van der Waals surface area contributed by atoms with Crippen molar-refractivity contribution < 1.29 is 0 Å². The molecule has 1 aliphatic rings. The van der Waals surface area contributed by atoms with Crippen LogP contribution < -0.4 is 5.73 Å². The molecule has 3 rings (SSSR count). The Balaban J connectivity index is 1.67. The summed E-state index contributed by atoms with van der Waals surface area (Å²) in [6, 6.07) is 8.72. The second-order valence-corrected chi connectivity index (χ2v) is 5.76. The van der Waals surface area contributed by atoms with E-state index in [2.05, 4.69) is 46.9 Å².